The lowest BCUT2D eigenvalue weighted by molar-refractivity contribution is 0.220. The van der Waals surface area contributed by atoms with Crippen molar-refractivity contribution in [3.05, 3.63) is 58.9 Å². The van der Waals surface area contributed by atoms with Crippen LogP contribution in [-0.4, -0.2) is 10.1 Å². The molecule has 82 valence electrons. The van der Waals surface area contributed by atoms with Gasteiger partial charge in [-0.05, 0) is 35.4 Å². The van der Waals surface area contributed by atoms with Gasteiger partial charge < -0.3 is 10.8 Å². The molecule has 0 aliphatic rings. The van der Waals surface area contributed by atoms with Crippen molar-refractivity contribution in [2.75, 3.05) is 5.73 Å². The Balaban J connectivity index is 2.31. The van der Waals surface area contributed by atoms with Crippen molar-refractivity contribution in [1.82, 2.24) is 4.98 Å². The number of anilines is 1. The summed E-state index contributed by atoms with van der Waals surface area (Å²) in [6, 6.07) is 10.4. The van der Waals surface area contributed by atoms with Crippen LogP contribution in [0.4, 0.5) is 5.69 Å². The third kappa shape index (κ3) is 2.32. The summed E-state index contributed by atoms with van der Waals surface area (Å²) >= 11 is 5.76. The van der Waals surface area contributed by atoms with Gasteiger partial charge in [0.2, 0.25) is 0 Å². The number of halogens is 1. The molecule has 1 unspecified atom stereocenters. The molecule has 0 bridgehead atoms. The van der Waals surface area contributed by atoms with Gasteiger partial charge in [-0.15, -0.1) is 0 Å². The SMILES string of the molecule is Nc1ccc(C(O)c2ccnc(Cl)c2)cc1. The average molecular weight is 235 g/mol. The number of aliphatic hydroxyl groups excluding tert-OH is 1. The van der Waals surface area contributed by atoms with Crippen molar-refractivity contribution in [1.29, 1.82) is 0 Å². The molecule has 1 aromatic carbocycles. The highest BCUT2D eigenvalue weighted by Gasteiger charge is 2.10. The number of hydrogen-bond donors (Lipinski definition) is 2. The first-order valence-electron chi connectivity index (χ1n) is 4.82. The normalized spacial score (nSPS) is 12.4. The Bertz CT molecular complexity index is 485. The Labute approximate surface area is 98.5 Å². The first-order chi connectivity index (χ1) is 7.66. The van der Waals surface area contributed by atoms with E-state index >= 15 is 0 Å². The fourth-order valence-electron chi connectivity index (χ4n) is 1.46. The van der Waals surface area contributed by atoms with Crippen LogP contribution in [0, 0.1) is 0 Å². The van der Waals surface area contributed by atoms with E-state index in [-0.39, 0.29) is 0 Å². The number of aliphatic hydroxyl groups is 1. The van der Waals surface area contributed by atoms with Crippen molar-refractivity contribution in [2.24, 2.45) is 0 Å². The monoisotopic (exact) mass is 234 g/mol. The lowest BCUT2D eigenvalue weighted by Gasteiger charge is -2.11. The van der Waals surface area contributed by atoms with Gasteiger partial charge in [-0.1, -0.05) is 23.7 Å². The minimum absolute atomic E-state index is 0.368. The molecule has 0 fully saturated rings. The van der Waals surface area contributed by atoms with E-state index in [2.05, 4.69) is 4.98 Å². The summed E-state index contributed by atoms with van der Waals surface area (Å²) < 4.78 is 0. The third-order valence-electron chi connectivity index (χ3n) is 2.32. The van der Waals surface area contributed by atoms with Crippen LogP contribution in [0.25, 0.3) is 0 Å². The maximum Gasteiger partial charge on any atom is 0.129 e. The smallest absolute Gasteiger partial charge is 0.129 e. The molecule has 0 radical (unpaired) electrons. The van der Waals surface area contributed by atoms with Crippen molar-refractivity contribution >= 4 is 17.3 Å². The van der Waals surface area contributed by atoms with E-state index in [4.69, 9.17) is 17.3 Å². The molecule has 2 aromatic rings. The topological polar surface area (TPSA) is 59.1 Å². The van der Waals surface area contributed by atoms with Crippen LogP contribution < -0.4 is 5.73 Å². The van der Waals surface area contributed by atoms with Crippen LogP contribution in [0.2, 0.25) is 5.15 Å². The van der Waals surface area contributed by atoms with Gasteiger partial charge >= 0.3 is 0 Å². The maximum atomic E-state index is 10.1. The molecule has 1 atom stereocenters. The van der Waals surface area contributed by atoms with Gasteiger partial charge in [0.15, 0.2) is 0 Å². The molecule has 4 heteroatoms. The quantitative estimate of drug-likeness (QED) is 0.620. The summed E-state index contributed by atoms with van der Waals surface area (Å²) in [5, 5.41) is 10.4. The number of nitrogens with two attached hydrogens (primary N) is 1. The molecule has 0 aliphatic carbocycles. The van der Waals surface area contributed by atoms with Crippen LogP contribution in [0.3, 0.4) is 0 Å². The Hall–Kier alpha value is -1.58. The van der Waals surface area contributed by atoms with Crippen molar-refractivity contribution in [3.8, 4) is 0 Å². The molecule has 1 heterocycles. The van der Waals surface area contributed by atoms with E-state index < -0.39 is 6.10 Å². The van der Waals surface area contributed by atoms with Gasteiger partial charge in [-0.25, -0.2) is 4.98 Å². The van der Waals surface area contributed by atoms with E-state index in [1.54, 1.807) is 42.6 Å². The van der Waals surface area contributed by atoms with Gasteiger partial charge in [0.05, 0.1) is 0 Å². The Kier molecular flexibility index (Phi) is 3.08. The minimum atomic E-state index is -0.707. The number of pyridine rings is 1. The van der Waals surface area contributed by atoms with E-state index in [0.717, 1.165) is 5.56 Å². The minimum Gasteiger partial charge on any atom is -0.399 e. The Morgan fingerprint density at radius 1 is 1.12 bits per heavy atom. The predicted octanol–water partition coefficient (Wildman–Crippen LogP) is 2.40. The number of benzene rings is 1. The first-order valence-corrected chi connectivity index (χ1v) is 5.19. The molecule has 2 rings (SSSR count). The summed E-state index contributed by atoms with van der Waals surface area (Å²) in [7, 11) is 0. The summed E-state index contributed by atoms with van der Waals surface area (Å²) in [4.78, 5) is 3.86. The van der Waals surface area contributed by atoms with Gasteiger partial charge in [-0.3, -0.25) is 0 Å². The molecule has 0 saturated carbocycles. The van der Waals surface area contributed by atoms with Gasteiger partial charge in [0, 0.05) is 11.9 Å². The largest absolute Gasteiger partial charge is 0.399 e. The molecule has 0 aliphatic heterocycles. The fraction of sp³-hybridized carbons (Fsp3) is 0.0833. The fourth-order valence-corrected chi connectivity index (χ4v) is 1.64. The second kappa shape index (κ2) is 4.51. The number of aromatic nitrogens is 1. The zero-order chi connectivity index (χ0) is 11.5. The molecule has 1 aromatic heterocycles. The maximum absolute atomic E-state index is 10.1. The molecule has 0 spiro atoms. The van der Waals surface area contributed by atoms with Crippen LogP contribution in [-0.2, 0) is 0 Å². The zero-order valence-electron chi connectivity index (χ0n) is 8.47. The van der Waals surface area contributed by atoms with Crippen LogP contribution in [0.1, 0.15) is 17.2 Å². The highest BCUT2D eigenvalue weighted by atomic mass is 35.5. The average Bonchev–Trinajstić information content (AvgIpc) is 2.29. The van der Waals surface area contributed by atoms with Crippen LogP contribution in [0.5, 0.6) is 0 Å². The third-order valence-corrected chi connectivity index (χ3v) is 2.53. The van der Waals surface area contributed by atoms with Gasteiger partial charge in [0.1, 0.15) is 11.3 Å². The number of nitrogens with zero attached hydrogens (tertiary/aromatic N) is 1. The highest BCUT2D eigenvalue weighted by molar-refractivity contribution is 6.29. The van der Waals surface area contributed by atoms with E-state index in [1.807, 2.05) is 0 Å². The van der Waals surface area contributed by atoms with Crippen molar-refractivity contribution in [2.45, 2.75) is 6.10 Å². The van der Waals surface area contributed by atoms with E-state index in [9.17, 15) is 5.11 Å². The zero-order valence-corrected chi connectivity index (χ0v) is 9.22. The van der Waals surface area contributed by atoms with Crippen LogP contribution in [0.15, 0.2) is 42.6 Å². The first kappa shape index (κ1) is 10.9. The molecule has 0 amide bonds. The molecular formula is C12H11ClN2O. The van der Waals surface area contributed by atoms with E-state index in [0.29, 0.717) is 16.4 Å². The number of hydrogen-bond acceptors (Lipinski definition) is 3. The molecule has 0 saturated heterocycles. The lowest BCUT2D eigenvalue weighted by atomic mass is 10.0. The highest BCUT2D eigenvalue weighted by Crippen LogP contribution is 2.23. The summed E-state index contributed by atoms with van der Waals surface area (Å²) in [6.07, 6.45) is 0.860. The van der Waals surface area contributed by atoms with Gasteiger partial charge in [0.25, 0.3) is 0 Å². The summed E-state index contributed by atoms with van der Waals surface area (Å²) in [6.45, 7) is 0. The van der Waals surface area contributed by atoms with Crippen molar-refractivity contribution in [3.63, 3.8) is 0 Å². The van der Waals surface area contributed by atoms with Crippen LogP contribution >= 0.6 is 11.6 Å². The van der Waals surface area contributed by atoms with E-state index in [1.165, 1.54) is 0 Å². The summed E-state index contributed by atoms with van der Waals surface area (Å²) in [5.41, 5.74) is 7.73. The second-order valence-electron chi connectivity index (χ2n) is 3.48. The van der Waals surface area contributed by atoms with Crippen molar-refractivity contribution < 1.29 is 5.11 Å². The summed E-state index contributed by atoms with van der Waals surface area (Å²) in [5.74, 6) is 0. The molecule has 16 heavy (non-hydrogen) atoms. The second-order valence-corrected chi connectivity index (χ2v) is 3.87. The standard InChI is InChI=1S/C12H11ClN2O/c13-11-7-9(5-6-15-11)12(16)8-1-3-10(14)4-2-8/h1-7,12,16H,14H2. The van der Waals surface area contributed by atoms with Gasteiger partial charge in [-0.2, -0.15) is 0 Å². The molecule has 3 nitrogen and oxygen atoms in total. The lowest BCUT2D eigenvalue weighted by Crippen LogP contribution is -2.00. The molecule has 3 N–H and O–H groups in total. The molecular weight excluding hydrogens is 224 g/mol. The number of nitrogen functional groups attached to an aromatic ring is 1. The Morgan fingerprint density at radius 3 is 2.44 bits per heavy atom. The Morgan fingerprint density at radius 2 is 1.81 bits per heavy atom. The number of rotatable bonds is 2. The predicted molar refractivity (Wildman–Crippen MR) is 64.2 cm³/mol.